The van der Waals surface area contributed by atoms with E-state index >= 15 is 0 Å². The molecule has 13 nitrogen and oxygen atoms in total. The van der Waals surface area contributed by atoms with Gasteiger partial charge in [-0.1, -0.05) is 31.8 Å². The van der Waals surface area contributed by atoms with Crippen molar-refractivity contribution in [1.29, 1.82) is 0 Å². The van der Waals surface area contributed by atoms with Crippen molar-refractivity contribution in [3.63, 3.8) is 0 Å². The van der Waals surface area contributed by atoms with Crippen LogP contribution in [-0.2, 0) is 14.9 Å². The molecule has 42 heavy (non-hydrogen) atoms. The van der Waals surface area contributed by atoms with Crippen molar-refractivity contribution in [2.24, 2.45) is 0 Å². The van der Waals surface area contributed by atoms with Crippen LogP contribution in [0.25, 0.3) is 5.65 Å². The molecule has 0 saturated carbocycles. The summed E-state index contributed by atoms with van der Waals surface area (Å²) in [5, 5.41) is 13.6. The number of nitrogens with one attached hydrogen (secondary N) is 2. The van der Waals surface area contributed by atoms with Crippen LogP contribution in [-0.4, -0.2) is 87.3 Å². The Bertz CT molecular complexity index is 1600. The van der Waals surface area contributed by atoms with Gasteiger partial charge in [-0.25, -0.2) is 19.3 Å². The first-order chi connectivity index (χ1) is 20.3. The molecule has 0 radical (unpaired) electrons. The molecule has 0 spiro atoms. The summed E-state index contributed by atoms with van der Waals surface area (Å²) in [6.45, 7) is 10.4. The van der Waals surface area contributed by atoms with Crippen molar-refractivity contribution >= 4 is 23.3 Å². The third-order valence-electron chi connectivity index (χ3n) is 6.83. The lowest BCUT2D eigenvalue weighted by atomic mass is 9.93. The first-order valence-corrected chi connectivity index (χ1v) is 13.8. The fraction of sp³-hybridized carbons (Fsp3) is 0.414. The lowest BCUT2D eigenvalue weighted by molar-refractivity contribution is -0.116. The number of fused-ring (bicyclic) bond motifs is 2. The average molecular weight is 573 g/mol. The molecule has 2 aliphatic heterocycles. The number of urea groups is 1. The van der Waals surface area contributed by atoms with Crippen LogP contribution in [0.3, 0.4) is 0 Å². The van der Waals surface area contributed by atoms with E-state index in [2.05, 4.69) is 47.6 Å². The summed E-state index contributed by atoms with van der Waals surface area (Å²) in [6, 6.07) is 6.52. The molecular formula is C29H32N8O5. The zero-order valence-electron chi connectivity index (χ0n) is 23.7. The van der Waals surface area contributed by atoms with Crippen LogP contribution in [0, 0.1) is 11.8 Å². The van der Waals surface area contributed by atoms with Gasteiger partial charge in [-0.3, -0.25) is 15.5 Å². The minimum Gasteiger partial charge on any atom is -0.491 e. The van der Waals surface area contributed by atoms with Crippen molar-refractivity contribution in [2.45, 2.75) is 38.4 Å². The van der Waals surface area contributed by atoms with E-state index in [0.29, 0.717) is 59.9 Å². The highest BCUT2D eigenvalue weighted by Crippen LogP contribution is 2.24. The van der Waals surface area contributed by atoms with E-state index in [0.717, 1.165) is 19.6 Å². The molecular weight excluding hydrogens is 540 g/mol. The van der Waals surface area contributed by atoms with Crippen LogP contribution in [0.2, 0.25) is 0 Å². The number of pyridine rings is 1. The zero-order chi connectivity index (χ0) is 29.1. The summed E-state index contributed by atoms with van der Waals surface area (Å²) < 4.78 is 24.2. The molecule has 4 aromatic heterocycles. The molecule has 0 aliphatic carbocycles. The van der Waals surface area contributed by atoms with Crippen LogP contribution >= 0.6 is 0 Å². The van der Waals surface area contributed by atoms with Gasteiger partial charge in [0.05, 0.1) is 37.2 Å². The Morgan fingerprint density at radius 2 is 1.83 bits per heavy atom. The van der Waals surface area contributed by atoms with E-state index in [1.54, 1.807) is 35.2 Å². The van der Waals surface area contributed by atoms with Crippen molar-refractivity contribution in [3.8, 4) is 17.6 Å². The molecule has 218 valence electrons. The van der Waals surface area contributed by atoms with Gasteiger partial charge in [0.25, 0.3) is 0 Å². The number of rotatable bonds is 6. The fourth-order valence-electron chi connectivity index (χ4n) is 4.64. The normalized spacial score (nSPS) is 18.7. The number of nitrogens with zero attached hydrogens (tertiary/aromatic N) is 6. The zero-order valence-corrected chi connectivity index (χ0v) is 23.7. The molecule has 6 rings (SSSR count). The van der Waals surface area contributed by atoms with Gasteiger partial charge in [-0.05, 0) is 18.1 Å². The van der Waals surface area contributed by atoms with Gasteiger partial charge in [-0.15, -0.1) is 5.10 Å². The Hall–Kier alpha value is -4.51. The SMILES string of the molecule is CC(C)(C)c1cc(NC(=O)Nc2cc3ncc(C#Cc4ccc(OCCN5CC6OCCOC6C5)cn4)cn3n2)no1. The molecule has 2 unspecified atom stereocenters. The third-order valence-corrected chi connectivity index (χ3v) is 6.83. The first kappa shape index (κ1) is 27.6. The second-order valence-electron chi connectivity index (χ2n) is 11.1. The van der Waals surface area contributed by atoms with Crippen molar-refractivity contribution < 1.29 is 23.5 Å². The lowest BCUT2D eigenvalue weighted by Gasteiger charge is -2.24. The quantitative estimate of drug-likeness (QED) is 0.331. The molecule has 2 aliphatic rings. The highest BCUT2D eigenvalue weighted by atomic mass is 16.6. The van der Waals surface area contributed by atoms with Gasteiger partial charge < -0.3 is 18.7 Å². The largest absolute Gasteiger partial charge is 0.491 e. The molecule has 4 aromatic rings. The Morgan fingerprint density at radius 3 is 2.55 bits per heavy atom. The number of hydrogen-bond donors (Lipinski definition) is 2. The average Bonchev–Trinajstić information content (AvgIpc) is 3.70. The molecule has 2 fully saturated rings. The van der Waals surface area contributed by atoms with Gasteiger partial charge in [0, 0.05) is 49.6 Å². The second kappa shape index (κ2) is 11.8. The Morgan fingerprint density at radius 1 is 1.05 bits per heavy atom. The van der Waals surface area contributed by atoms with Crippen LogP contribution in [0.1, 0.15) is 37.8 Å². The predicted molar refractivity (Wildman–Crippen MR) is 152 cm³/mol. The van der Waals surface area contributed by atoms with Crippen LogP contribution in [0.5, 0.6) is 5.75 Å². The van der Waals surface area contributed by atoms with E-state index in [9.17, 15) is 4.79 Å². The van der Waals surface area contributed by atoms with E-state index < -0.39 is 6.03 Å². The summed E-state index contributed by atoms with van der Waals surface area (Å²) in [7, 11) is 0. The summed E-state index contributed by atoms with van der Waals surface area (Å²) in [5.41, 5.74) is 1.58. The Kier molecular flexibility index (Phi) is 7.75. The standard InChI is InChI=1S/C29H32N8O5/c1-29(2,3)24-12-26(35-42-24)33-28(38)32-25-13-27-31-14-19(16-37(27)34-25)4-5-20-6-7-21(15-30-20)39-9-8-36-17-22-23(18-36)41-11-10-40-22/h6-7,12-16,22-23H,8-11,17-18H2,1-3H3,(H2,32,33,34,35,38). The van der Waals surface area contributed by atoms with E-state index in [1.165, 1.54) is 0 Å². The molecule has 2 atom stereocenters. The van der Waals surface area contributed by atoms with Crippen LogP contribution in [0.4, 0.5) is 16.4 Å². The number of amides is 2. The number of aromatic nitrogens is 5. The number of hydrogen-bond acceptors (Lipinski definition) is 10. The highest BCUT2D eigenvalue weighted by molar-refractivity contribution is 5.98. The van der Waals surface area contributed by atoms with Crippen LogP contribution < -0.4 is 15.4 Å². The maximum atomic E-state index is 12.4. The molecule has 2 amide bonds. The maximum Gasteiger partial charge on any atom is 0.326 e. The highest BCUT2D eigenvalue weighted by Gasteiger charge is 2.36. The topological polar surface area (TPSA) is 141 Å². The maximum absolute atomic E-state index is 12.4. The van der Waals surface area contributed by atoms with Gasteiger partial charge in [0.1, 0.15) is 23.8 Å². The number of anilines is 2. The van der Waals surface area contributed by atoms with Crippen LogP contribution in [0.15, 0.2) is 47.4 Å². The van der Waals surface area contributed by atoms with E-state index in [4.69, 9.17) is 18.7 Å². The number of ether oxygens (including phenoxy) is 3. The predicted octanol–water partition coefficient (Wildman–Crippen LogP) is 2.93. The third kappa shape index (κ3) is 6.68. The summed E-state index contributed by atoms with van der Waals surface area (Å²) in [6.07, 6.45) is 5.37. The summed E-state index contributed by atoms with van der Waals surface area (Å²) >= 11 is 0. The van der Waals surface area contributed by atoms with Gasteiger partial charge in [0.2, 0.25) is 0 Å². The fourth-order valence-corrected chi connectivity index (χ4v) is 4.64. The molecule has 0 bridgehead atoms. The molecule has 6 heterocycles. The minimum absolute atomic E-state index is 0.168. The number of likely N-dealkylation sites (tertiary alicyclic amines) is 1. The monoisotopic (exact) mass is 572 g/mol. The van der Waals surface area contributed by atoms with Gasteiger partial charge in [-0.2, -0.15) is 0 Å². The molecule has 2 saturated heterocycles. The smallest absolute Gasteiger partial charge is 0.326 e. The minimum atomic E-state index is -0.497. The van der Waals surface area contributed by atoms with Gasteiger partial charge >= 0.3 is 6.03 Å². The number of carbonyl (C=O) groups excluding carboxylic acids is 1. The molecule has 13 heteroatoms. The Balaban J connectivity index is 1.00. The lowest BCUT2D eigenvalue weighted by Crippen LogP contribution is -2.36. The summed E-state index contributed by atoms with van der Waals surface area (Å²) in [4.78, 5) is 23.5. The van der Waals surface area contributed by atoms with Crippen molar-refractivity contribution in [2.75, 3.05) is 50.1 Å². The van der Waals surface area contributed by atoms with Gasteiger partial charge in [0.15, 0.2) is 17.3 Å². The summed E-state index contributed by atoms with van der Waals surface area (Å²) in [5.74, 6) is 8.07. The molecule has 0 aromatic carbocycles. The van der Waals surface area contributed by atoms with E-state index in [-0.39, 0.29) is 17.6 Å². The van der Waals surface area contributed by atoms with E-state index in [1.807, 2.05) is 32.9 Å². The number of carbonyl (C=O) groups is 1. The van der Waals surface area contributed by atoms with Crippen molar-refractivity contribution in [3.05, 3.63) is 59.9 Å². The van der Waals surface area contributed by atoms with Crippen molar-refractivity contribution in [1.82, 2.24) is 29.6 Å². The second-order valence-corrected chi connectivity index (χ2v) is 11.1. The first-order valence-electron chi connectivity index (χ1n) is 13.8. The molecule has 2 N–H and O–H groups in total. The Labute approximate surface area is 242 Å².